The quantitative estimate of drug-likeness (QED) is 0.181. The monoisotopic (exact) mass is 562 g/mol. The summed E-state index contributed by atoms with van der Waals surface area (Å²) in [6, 6.07) is 11.0. The smallest absolute Gasteiger partial charge is 0.254 e. The van der Waals surface area contributed by atoms with Crippen LogP contribution >= 0.6 is 0 Å². The molecule has 0 heterocycles. The van der Waals surface area contributed by atoms with Gasteiger partial charge in [-0.2, -0.15) is 8.78 Å². The summed E-state index contributed by atoms with van der Waals surface area (Å²) in [6.07, 6.45) is 5.66. The summed E-state index contributed by atoms with van der Waals surface area (Å²) in [5.74, 6) is -8.69. The van der Waals surface area contributed by atoms with Crippen molar-refractivity contribution in [3.63, 3.8) is 0 Å². The Hall–Kier alpha value is -3.42. The molecule has 1 saturated carbocycles. The lowest BCUT2D eigenvalue weighted by Gasteiger charge is -2.32. The largest absolute Gasteiger partial charge is 0.491 e. The van der Waals surface area contributed by atoms with Crippen LogP contribution in [0.25, 0.3) is 22.3 Å². The van der Waals surface area contributed by atoms with Crippen LogP contribution in [0.3, 0.4) is 0 Å². The number of hydrogen-bond acceptors (Lipinski definition) is 2. The van der Waals surface area contributed by atoms with Crippen molar-refractivity contribution in [3.05, 3.63) is 84.0 Å². The van der Waals surface area contributed by atoms with E-state index in [0.29, 0.717) is 42.7 Å². The number of alkyl halides is 2. The van der Waals surface area contributed by atoms with Crippen molar-refractivity contribution >= 4 is 0 Å². The zero-order valence-corrected chi connectivity index (χ0v) is 22.5. The van der Waals surface area contributed by atoms with Crippen molar-refractivity contribution < 1.29 is 35.8 Å². The third-order valence-electron chi connectivity index (χ3n) is 7.43. The molecule has 3 aromatic rings. The van der Waals surface area contributed by atoms with Gasteiger partial charge in [-0.3, -0.25) is 0 Å². The molecule has 0 amide bonds. The molecule has 3 aromatic carbocycles. The van der Waals surface area contributed by atoms with Gasteiger partial charge in [-0.1, -0.05) is 36.4 Å². The summed E-state index contributed by atoms with van der Waals surface area (Å²) < 4.78 is 98.3. The van der Waals surface area contributed by atoms with Gasteiger partial charge in [-0.05, 0) is 80.8 Å². The van der Waals surface area contributed by atoms with Gasteiger partial charge in [-0.25, -0.2) is 17.6 Å². The highest BCUT2D eigenvalue weighted by atomic mass is 19.3. The molecule has 40 heavy (non-hydrogen) atoms. The molecule has 0 aliphatic heterocycles. The van der Waals surface area contributed by atoms with Gasteiger partial charge >= 0.3 is 0 Å². The summed E-state index contributed by atoms with van der Waals surface area (Å²) in [5.41, 5.74) is 0.530. The summed E-state index contributed by atoms with van der Waals surface area (Å²) in [7, 11) is 0. The van der Waals surface area contributed by atoms with Crippen LogP contribution in [0, 0.1) is 35.1 Å². The molecule has 1 aliphatic rings. The van der Waals surface area contributed by atoms with Crippen molar-refractivity contribution in [2.45, 2.75) is 51.9 Å². The third-order valence-corrected chi connectivity index (χ3v) is 7.43. The second-order valence-electron chi connectivity index (χ2n) is 9.99. The average molecular weight is 563 g/mol. The Balaban J connectivity index is 1.41. The first-order chi connectivity index (χ1) is 19.2. The molecule has 1 aliphatic carbocycles. The maximum absolute atomic E-state index is 14.9. The van der Waals surface area contributed by atoms with Gasteiger partial charge in [0.05, 0.1) is 13.2 Å². The number of hydrogen-bond donors (Lipinski definition) is 0. The van der Waals surface area contributed by atoms with E-state index in [1.807, 2.05) is 13.0 Å². The maximum Gasteiger partial charge on any atom is 0.254 e. The van der Waals surface area contributed by atoms with E-state index in [1.54, 1.807) is 6.92 Å². The van der Waals surface area contributed by atoms with Crippen LogP contribution in [0.2, 0.25) is 0 Å². The Labute approximate surface area is 230 Å². The van der Waals surface area contributed by atoms with E-state index in [0.717, 1.165) is 0 Å². The van der Waals surface area contributed by atoms with E-state index < -0.39 is 53.9 Å². The molecule has 0 aromatic heterocycles. The third kappa shape index (κ3) is 6.48. The van der Waals surface area contributed by atoms with Crippen molar-refractivity contribution in [2.24, 2.45) is 11.8 Å². The van der Waals surface area contributed by atoms with E-state index in [9.17, 15) is 26.3 Å². The topological polar surface area (TPSA) is 18.5 Å². The molecule has 1 fully saturated rings. The van der Waals surface area contributed by atoms with Gasteiger partial charge in [0.1, 0.15) is 0 Å². The molecular weight excluding hydrogens is 530 g/mol. The van der Waals surface area contributed by atoms with E-state index in [-0.39, 0.29) is 23.5 Å². The van der Waals surface area contributed by atoms with Crippen molar-refractivity contribution in [1.29, 1.82) is 0 Å². The molecule has 0 unspecified atom stereocenters. The van der Waals surface area contributed by atoms with E-state index >= 15 is 0 Å². The highest BCUT2D eigenvalue weighted by Crippen LogP contribution is 2.41. The number of ether oxygens (including phenoxy) is 2. The zero-order chi connectivity index (χ0) is 28.9. The fourth-order valence-electron chi connectivity index (χ4n) is 5.22. The molecule has 8 heteroatoms. The second-order valence-corrected chi connectivity index (χ2v) is 9.99. The lowest BCUT2D eigenvalue weighted by Crippen LogP contribution is -2.33. The number of rotatable bonds is 10. The minimum atomic E-state index is -2.96. The van der Waals surface area contributed by atoms with E-state index in [2.05, 4.69) is 6.08 Å². The Kier molecular flexibility index (Phi) is 9.48. The van der Waals surface area contributed by atoms with Gasteiger partial charge in [0.2, 0.25) is 11.6 Å². The van der Waals surface area contributed by atoms with Crippen LogP contribution in [0.5, 0.6) is 11.5 Å². The fraction of sp³-hybridized carbons (Fsp3) is 0.375. The molecule has 0 atom stereocenters. The first kappa shape index (κ1) is 29.6. The van der Waals surface area contributed by atoms with Gasteiger partial charge in [0.25, 0.3) is 5.92 Å². The van der Waals surface area contributed by atoms with Crippen LogP contribution in [0.15, 0.2) is 60.7 Å². The maximum atomic E-state index is 14.9. The Bertz CT molecular complexity index is 1330. The van der Waals surface area contributed by atoms with Gasteiger partial charge in [-0.15, -0.1) is 0 Å². The van der Waals surface area contributed by atoms with Crippen LogP contribution in [-0.2, 0) is 0 Å². The normalized spacial score (nSPS) is 17.8. The lowest BCUT2D eigenvalue weighted by atomic mass is 9.78. The van der Waals surface area contributed by atoms with Crippen LogP contribution in [0.4, 0.5) is 26.3 Å². The molecule has 0 spiro atoms. The minimum absolute atomic E-state index is 0.00875. The summed E-state index contributed by atoms with van der Waals surface area (Å²) >= 11 is 0. The Morgan fingerprint density at radius 1 is 0.725 bits per heavy atom. The van der Waals surface area contributed by atoms with E-state index in [4.69, 9.17) is 9.47 Å². The first-order valence-electron chi connectivity index (χ1n) is 13.5. The second kappa shape index (κ2) is 12.8. The van der Waals surface area contributed by atoms with Crippen molar-refractivity contribution in [3.8, 4) is 33.8 Å². The van der Waals surface area contributed by atoms with Gasteiger partial charge < -0.3 is 9.47 Å². The highest BCUT2D eigenvalue weighted by Gasteiger charge is 2.40. The summed E-state index contributed by atoms with van der Waals surface area (Å²) in [6.45, 7) is 3.30. The van der Waals surface area contributed by atoms with Crippen molar-refractivity contribution in [1.82, 2.24) is 0 Å². The molecular formula is C32H32F6O2. The Morgan fingerprint density at radius 2 is 1.23 bits per heavy atom. The average Bonchev–Trinajstić information content (AvgIpc) is 2.94. The van der Waals surface area contributed by atoms with Crippen LogP contribution in [0.1, 0.15) is 46.0 Å². The van der Waals surface area contributed by atoms with Gasteiger partial charge in [0.15, 0.2) is 23.1 Å². The predicted molar refractivity (Wildman–Crippen MR) is 144 cm³/mol. The molecule has 2 nitrogen and oxygen atoms in total. The molecule has 0 radical (unpaired) electrons. The molecule has 4 rings (SSSR count). The number of benzene rings is 3. The Morgan fingerprint density at radius 3 is 1.70 bits per heavy atom. The number of allylic oxidation sites excluding steroid dienone is 2. The highest BCUT2D eigenvalue weighted by molar-refractivity contribution is 5.72. The van der Waals surface area contributed by atoms with E-state index in [1.165, 1.54) is 48.5 Å². The summed E-state index contributed by atoms with van der Waals surface area (Å²) in [4.78, 5) is 0. The van der Waals surface area contributed by atoms with Crippen molar-refractivity contribution in [2.75, 3.05) is 13.2 Å². The minimum Gasteiger partial charge on any atom is -0.491 e. The van der Waals surface area contributed by atoms with Gasteiger partial charge in [0, 0.05) is 23.5 Å². The molecule has 0 saturated heterocycles. The zero-order valence-electron chi connectivity index (χ0n) is 22.5. The van der Waals surface area contributed by atoms with Crippen LogP contribution < -0.4 is 9.47 Å². The molecule has 0 N–H and O–H groups in total. The first-order valence-corrected chi connectivity index (χ1v) is 13.5. The summed E-state index contributed by atoms with van der Waals surface area (Å²) in [5, 5.41) is 0. The SMILES string of the molecule is CC=CC1CCC(C(F)(F)CCOc2ccc(-c3ccc(-c4ccc(OCC)c(F)c4F)cc3)c(F)c2F)CC1. The lowest BCUT2D eigenvalue weighted by molar-refractivity contribution is -0.0865. The number of halogens is 6. The van der Waals surface area contributed by atoms with Crippen LogP contribution in [-0.4, -0.2) is 19.1 Å². The molecule has 0 bridgehead atoms. The molecule has 214 valence electrons. The predicted octanol–water partition coefficient (Wildman–Crippen LogP) is 9.76. The standard InChI is InChI=1S/C32H32F6O2/c1-3-5-20-6-12-23(13-7-20)32(37,38)18-19-40-27-17-15-25(29(34)31(27)36)22-10-8-21(9-11-22)24-14-16-26(39-4-2)30(35)28(24)33/h3,5,8-11,14-17,20,23H,4,6-7,12-13,18-19H2,1-2H3. The fourth-order valence-corrected chi connectivity index (χ4v) is 5.22.